The van der Waals surface area contributed by atoms with Crippen LogP contribution in [0.2, 0.25) is 0 Å². The molecule has 0 heterocycles. The average molecular weight is 252 g/mol. The van der Waals surface area contributed by atoms with Crippen molar-refractivity contribution in [2.75, 3.05) is 0 Å². The summed E-state index contributed by atoms with van der Waals surface area (Å²) in [6.07, 6.45) is 0. The minimum atomic E-state index is 0. The van der Waals surface area contributed by atoms with Gasteiger partial charge in [-0.1, -0.05) is 0 Å². The maximum atomic E-state index is 6.50. The van der Waals surface area contributed by atoms with Crippen LogP contribution in [0.15, 0.2) is 0 Å². The first-order valence-corrected chi connectivity index (χ1v) is 1.55. The van der Waals surface area contributed by atoms with E-state index >= 15 is 0 Å². The second kappa shape index (κ2) is 371. The second-order valence-corrected chi connectivity index (χ2v) is 0. The van der Waals surface area contributed by atoms with Gasteiger partial charge in [0, 0.05) is 39.4 Å². The van der Waals surface area contributed by atoms with E-state index in [1.807, 2.05) is 0 Å². The van der Waals surface area contributed by atoms with E-state index in [-0.39, 0.29) is 48.3 Å². The van der Waals surface area contributed by atoms with Crippen molar-refractivity contribution in [3.8, 4) is 39.4 Å². The van der Waals surface area contributed by atoms with Gasteiger partial charge in [0.25, 0.3) is 0 Å². The summed E-state index contributed by atoms with van der Waals surface area (Å²) in [5, 5.41) is 39.0. The molecule has 0 aromatic rings. The van der Waals surface area contributed by atoms with Gasteiger partial charge in [-0.3, -0.25) is 0 Å². The topological polar surface area (TPSA) is 143 Å². The van der Waals surface area contributed by atoms with Gasteiger partial charge < -0.3 is 2.85 Å². The summed E-state index contributed by atoms with van der Waals surface area (Å²) in [6, 6.07) is 0. The second-order valence-electron chi connectivity index (χ2n) is 0. The van der Waals surface area contributed by atoms with E-state index in [1.165, 1.54) is 0 Å². The van der Waals surface area contributed by atoms with Crippen molar-refractivity contribution in [2.45, 2.75) is 0 Å². The number of nitrogens with zero attached hydrogens (tertiary/aromatic N) is 6. The summed E-state index contributed by atoms with van der Waals surface area (Å²) in [4.78, 5) is 0. The molecule has 0 aromatic carbocycles. The molecule has 0 radical (unpaired) electrons. The summed E-state index contributed by atoms with van der Waals surface area (Å²) in [7, 11) is 0. The quantitative estimate of drug-likeness (QED) is 0.579. The normalized spacial score (nSPS) is 0.923. The zero-order valence-corrected chi connectivity index (χ0v) is 10.3. The molecule has 0 N–H and O–H groups in total. The summed E-state index contributed by atoms with van der Waals surface area (Å²) in [5.41, 5.74) is 0. The fraction of sp³-hybridized carbons (Fsp3) is 0. The van der Waals surface area contributed by atoms with Gasteiger partial charge in [0.15, 0.2) is 0 Å². The molecular weight excluding hydrogens is 244 g/mol. The van der Waals surface area contributed by atoms with Gasteiger partial charge >= 0.3 is 45.5 Å². The molecule has 6 nitrogen and oxygen atoms in total. The molecule has 7 heteroatoms. The van der Waals surface area contributed by atoms with Crippen LogP contribution < -0.4 is 0 Å². The van der Waals surface area contributed by atoms with E-state index in [4.69, 9.17) is 31.6 Å². The van der Waals surface area contributed by atoms with Crippen LogP contribution in [-0.4, -0.2) is 45.5 Å². The molecule has 0 spiro atoms. The Kier molecular flexibility index (Phi) is 1810. The van der Waals surface area contributed by atoms with Crippen molar-refractivity contribution in [3.05, 3.63) is 0 Å². The molecule has 0 saturated heterocycles. The zero-order chi connectivity index (χ0) is 12.0. The van der Waals surface area contributed by atoms with Crippen LogP contribution in [-0.2, 0) is 0 Å². The first-order valence-electron chi connectivity index (χ1n) is 1.55. The number of rotatable bonds is 0. The fourth-order valence-corrected chi connectivity index (χ4v) is 0. The predicted octanol–water partition coefficient (Wildman–Crippen LogP) is 0.683. The Hall–Kier alpha value is -1.58. The first-order chi connectivity index (χ1) is 6.00. The molecule has 0 bridgehead atoms. The first kappa shape index (κ1) is 63.5. The Morgan fingerprint density at radius 1 is 0.385 bits per heavy atom. The Labute approximate surface area is 118 Å². The van der Waals surface area contributed by atoms with E-state index in [9.17, 15) is 0 Å². The standard InChI is InChI=1S/6CHN.Sr.2H/c6*1-2;;;/h6*1H;;;/q;;;;;;+2;2*-1. The van der Waals surface area contributed by atoms with Gasteiger partial charge in [-0.15, -0.1) is 0 Å². The van der Waals surface area contributed by atoms with Gasteiger partial charge in [-0.25, -0.2) is 31.6 Å². The monoisotopic (exact) mass is 252 g/mol. The predicted molar refractivity (Wildman–Crippen MR) is 48.0 cm³/mol. The molecule has 0 amide bonds. The molecule has 13 heavy (non-hydrogen) atoms. The Morgan fingerprint density at radius 2 is 0.385 bits per heavy atom. The summed E-state index contributed by atoms with van der Waals surface area (Å²) in [6.45, 7) is 21.0. The van der Waals surface area contributed by atoms with E-state index in [2.05, 4.69) is 39.4 Å². The largest absolute Gasteiger partial charge is 2.00 e. The third-order valence-corrected chi connectivity index (χ3v) is 0. The van der Waals surface area contributed by atoms with Gasteiger partial charge in [0.05, 0.1) is 0 Å². The average Bonchev–Trinajstić information content (AvgIpc) is 2.33. The number of hydrogen-bond acceptors (Lipinski definition) is 6. The molecule has 0 aliphatic carbocycles. The molecule has 0 rings (SSSR count). The molecule has 0 unspecified atom stereocenters. The summed E-state index contributed by atoms with van der Waals surface area (Å²) >= 11 is 0. The Balaban J connectivity index is -0.00000000396. The van der Waals surface area contributed by atoms with E-state index in [0.29, 0.717) is 0 Å². The minimum Gasteiger partial charge on any atom is -1.00 e. The molecule has 64 valence electrons. The van der Waals surface area contributed by atoms with E-state index in [0.717, 1.165) is 0 Å². The third-order valence-electron chi connectivity index (χ3n) is 0. The van der Waals surface area contributed by atoms with Crippen LogP contribution in [0.1, 0.15) is 2.85 Å². The van der Waals surface area contributed by atoms with Crippen LogP contribution in [0.5, 0.6) is 0 Å². The van der Waals surface area contributed by atoms with Crippen molar-refractivity contribution < 1.29 is 2.85 Å². The molecule has 0 fully saturated rings. The van der Waals surface area contributed by atoms with Crippen LogP contribution in [0.25, 0.3) is 0 Å². The van der Waals surface area contributed by atoms with Crippen molar-refractivity contribution in [1.82, 2.24) is 0 Å². The Morgan fingerprint density at radius 3 is 0.385 bits per heavy atom. The van der Waals surface area contributed by atoms with Crippen molar-refractivity contribution in [3.63, 3.8) is 0 Å². The maximum absolute atomic E-state index is 6.50. The molecule has 0 saturated carbocycles. The summed E-state index contributed by atoms with van der Waals surface area (Å²) < 4.78 is 0. The van der Waals surface area contributed by atoms with Gasteiger partial charge in [-0.05, 0) is 0 Å². The summed E-state index contributed by atoms with van der Waals surface area (Å²) in [5.74, 6) is 0. The molecule has 0 atom stereocenters. The minimum absolute atomic E-state index is 0. The smallest absolute Gasteiger partial charge is 1.00 e. The molecule has 0 aliphatic heterocycles. The zero-order valence-electron chi connectivity index (χ0n) is 8.85. The van der Waals surface area contributed by atoms with Crippen LogP contribution in [0.3, 0.4) is 0 Å². The maximum Gasteiger partial charge on any atom is 2.00 e. The van der Waals surface area contributed by atoms with E-state index < -0.39 is 0 Å². The van der Waals surface area contributed by atoms with Crippen molar-refractivity contribution in [1.29, 1.82) is 31.6 Å². The molecule has 0 aromatic heterocycles. The van der Waals surface area contributed by atoms with Crippen LogP contribution in [0.4, 0.5) is 0 Å². The van der Waals surface area contributed by atoms with E-state index in [1.54, 1.807) is 0 Å². The van der Waals surface area contributed by atoms with Crippen LogP contribution in [0, 0.1) is 71.0 Å². The van der Waals surface area contributed by atoms with Gasteiger partial charge in [-0.2, -0.15) is 0 Å². The van der Waals surface area contributed by atoms with Crippen molar-refractivity contribution >= 4 is 45.5 Å². The third kappa shape index (κ3) is 296. The molecular formula is C6H8N6Sr. The van der Waals surface area contributed by atoms with Crippen molar-refractivity contribution in [2.24, 2.45) is 0 Å². The Bertz CT molecular complexity index is 101. The number of nitriles is 6. The SMILES string of the molecule is C#N.C#N.C#N.C#N.C#N.C#N.[H-].[H-].[Sr+2]. The number of hydrogen-bond donors (Lipinski definition) is 0. The molecule has 0 aliphatic rings. The van der Waals surface area contributed by atoms with Gasteiger partial charge in [0.1, 0.15) is 0 Å². The van der Waals surface area contributed by atoms with Gasteiger partial charge in [0.2, 0.25) is 0 Å². The fourth-order valence-electron chi connectivity index (χ4n) is 0. The van der Waals surface area contributed by atoms with Crippen LogP contribution >= 0.6 is 0 Å².